The van der Waals surface area contributed by atoms with Gasteiger partial charge in [-0.1, -0.05) is 30.3 Å². The molecule has 0 radical (unpaired) electrons. The zero-order valence-electron chi connectivity index (χ0n) is 10.6. The maximum atomic E-state index is 11.5. The second-order valence-electron chi connectivity index (χ2n) is 3.93. The lowest BCUT2D eigenvalue weighted by Gasteiger charge is -2.07. The summed E-state index contributed by atoms with van der Waals surface area (Å²) in [4.78, 5) is 22.8. The summed E-state index contributed by atoms with van der Waals surface area (Å²) < 4.78 is 4.96. The van der Waals surface area contributed by atoms with E-state index in [9.17, 15) is 9.59 Å². The summed E-state index contributed by atoms with van der Waals surface area (Å²) in [6, 6.07) is 10.9. The highest BCUT2D eigenvalue weighted by Gasteiger charge is 2.07. The van der Waals surface area contributed by atoms with Crippen LogP contribution in [-0.2, 0) is 16.1 Å². The van der Waals surface area contributed by atoms with Gasteiger partial charge < -0.3 is 15.4 Å². The van der Waals surface area contributed by atoms with Gasteiger partial charge in [0.2, 0.25) is 5.91 Å². The summed E-state index contributed by atoms with van der Waals surface area (Å²) in [6.45, 7) is -0.0124. The Labute approximate surface area is 115 Å². The van der Waals surface area contributed by atoms with E-state index in [0.717, 1.165) is 5.56 Å². The van der Waals surface area contributed by atoms with Crippen LogP contribution < -0.4 is 10.6 Å². The van der Waals surface area contributed by atoms with E-state index in [1.807, 2.05) is 30.3 Å². The monoisotopic (exact) mass is 274 g/mol. The van der Waals surface area contributed by atoms with Gasteiger partial charge in [-0.3, -0.25) is 9.89 Å². The van der Waals surface area contributed by atoms with Crippen molar-refractivity contribution in [1.82, 2.24) is 15.5 Å². The van der Waals surface area contributed by atoms with Crippen LogP contribution in [0, 0.1) is 0 Å². The molecule has 0 bridgehead atoms. The summed E-state index contributed by atoms with van der Waals surface area (Å²) >= 11 is 0. The number of alkyl carbamates (subject to hydrolysis) is 1. The molecule has 0 saturated heterocycles. The molecule has 0 fully saturated rings. The molecule has 7 heteroatoms. The Morgan fingerprint density at radius 1 is 1.20 bits per heavy atom. The smallest absolute Gasteiger partial charge is 0.407 e. The van der Waals surface area contributed by atoms with Gasteiger partial charge in [-0.2, -0.15) is 5.10 Å². The van der Waals surface area contributed by atoms with E-state index in [1.54, 1.807) is 6.07 Å². The molecule has 0 spiro atoms. The van der Waals surface area contributed by atoms with E-state index in [-0.39, 0.29) is 19.1 Å². The predicted octanol–water partition coefficient (Wildman–Crippen LogP) is 1.27. The standard InChI is InChI=1S/C13H14N4O3/c18-12(16-11-6-7-15-17-11)8-14-13(19)20-9-10-4-2-1-3-5-10/h1-7H,8-9H2,(H,14,19)(H2,15,16,17,18). The first-order valence-corrected chi connectivity index (χ1v) is 5.98. The first-order valence-electron chi connectivity index (χ1n) is 5.98. The van der Waals surface area contributed by atoms with E-state index < -0.39 is 6.09 Å². The minimum Gasteiger partial charge on any atom is -0.445 e. The summed E-state index contributed by atoms with van der Waals surface area (Å²) in [5.41, 5.74) is 0.879. The molecule has 2 aromatic rings. The second-order valence-corrected chi connectivity index (χ2v) is 3.93. The molecule has 0 aliphatic carbocycles. The number of amides is 2. The minimum absolute atomic E-state index is 0.162. The van der Waals surface area contributed by atoms with Crippen molar-refractivity contribution in [2.45, 2.75) is 6.61 Å². The van der Waals surface area contributed by atoms with Crippen molar-refractivity contribution in [3.8, 4) is 0 Å². The van der Waals surface area contributed by atoms with Gasteiger partial charge in [-0.15, -0.1) is 0 Å². The lowest BCUT2D eigenvalue weighted by molar-refractivity contribution is -0.115. The van der Waals surface area contributed by atoms with Crippen LogP contribution in [0.1, 0.15) is 5.56 Å². The fourth-order valence-corrected chi connectivity index (χ4v) is 1.45. The van der Waals surface area contributed by atoms with Crippen molar-refractivity contribution < 1.29 is 14.3 Å². The molecule has 1 aromatic heterocycles. The summed E-state index contributed by atoms with van der Waals surface area (Å²) in [6.07, 6.45) is 0.866. The van der Waals surface area contributed by atoms with Crippen molar-refractivity contribution in [3.63, 3.8) is 0 Å². The lowest BCUT2D eigenvalue weighted by atomic mass is 10.2. The van der Waals surface area contributed by atoms with Gasteiger partial charge >= 0.3 is 6.09 Å². The van der Waals surface area contributed by atoms with Crippen LogP contribution in [0.15, 0.2) is 42.6 Å². The van der Waals surface area contributed by atoms with Crippen LogP contribution in [0.2, 0.25) is 0 Å². The number of carbonyl (C=O) groups excluding carboxylic acids is 2. The molecular formula is C13H14N4O3. The van der Waals surface area contributed by atoms with Gasteiger partial charge in [0.15, 0.2) is 0 Å². The highest BCUT2D eigenvalue weighted by Crippen LogP contribution is 2.00. The summed E-state index contributed by atoms with van der Waals surface area (Å²) in [5, 5.41) is 11.1. The third-order valence-corrected chi connectivity index (χ3v) is 2.38. The zero-order valence-corrected chi connectivity index (χ0v) is 10.6. The maximum absolute atomic E-state index is 11.5. The number of nitrogens with one attached hydrogen (secondary N) is 3. The average molecular weight is 274 g/mol. The molecule has 1 aromatic carbocycles. The molecule has 0 unspecified atom stereocenters. The quantitative estimate of drug-likeness (QED) is 0.765. The van der Waals surface area contributed by atoms with Gasteiger partial charge in [0.05, 0.1) is 6.20 Å². The van der Waals surface area contributed by atoms with Crippen LogP contribution >= 0.6 is 0 Å². The Kier molecular flexibility index (Phi) is 4.71. The lowest BCUT2D eigenvalue weighted by Crippen LogP contribution is -2.33. The normalized spacial score (nSPS) is 9.80. The van der Waals surface area contributed by atoms with Gasteiger partial charge in [-0.25, -0.2) is 4.79 Å². The number of aromatic amines is 1. The van der Waals surface area contributed by atoms with Crippen LogP contribution in [0.4, 0.5) is 10.6 Å². The van der Waals surface area contributed by atoms with Crippen LogP contribution in [0.3, 0.4) is 0 Å². The molecule has 0 saturated carbocycles. The SMILES string of the molecule is O=C(CNC(=O)OCc1ccccc1)Nc1ccn[nH]1. The molecule has 1 heterocycles. The number of rotatable bonds is 5. The fraction of sp³-hybridized carbons (Fsp3) is 0.154. The van der Waals surface area contributed by atoms with E-state index >= 15 is 0 Å². The molecule has 0 aliphatic rings. The number of anilines is 1. The minimum atomic E-state index is -0.645. The van der Waals surface area contributed by atoms with E-state index in [2.05, 4.69) is 20.8 Å². The molecular weight excluding hydrogens is 260 g/mol. The van der Waals surface area contributed by atoms with Crippen LogP contribution in [0.5, 0.6) is 0 Å². The summed E-state index contributed by atoms with van der Waals surface area (Å²) in [7, 11) is 0. The number of nitrogens with zero attached hydrogens (tertiary/aromatic N) is 1. The van der Waals surface area contributed by atoms with Gasteiger partial charge in [0.25, 0.3) is 0 Å². The fourth-order valence-electron chi connectivity index (χ4n) is 1.45. The topological polar surface area (TPSA) is 96.1 Å². The molecule has 7 nitrogen and oxygen atoms in total. The van der Waals surface area contributed by atoms with E-state index in [4.69, 9.17) is 4.74 Å². The molecule has 0 aliphatic heterocycles. The largest absolute Gasteiger partial charge is 0.445 e. The number of aromatic nitrogens is 2. The van der Waals surface area contributed by atoms with Crippen molar-refractivity contribution in [3.05, 3.63) is 48.2 Å². The maximum Gasteiger partial charge on any atom is 0.407 e. The third-order valence-electron chi connectivity index (χ3n) is 2.38. The molecule has 0 atom stereocenters. The molecule has 2 rings (SSSR count). The third kappa shape index (κ3) is 4.45. The zero-order chi connectivity index (χ0) is 14.2. The highest BCUT2D eigenvalue weighted by molar-refractivity contribution is 5.92. The Hall–Kier alpha value is -2.83. The Morgan fingerprint density at radius 2 is 2.00 bits per heavy atom. The summed E-state index contributed by atoms with van der Waals surface area (Å²) in [5.74, 6) is 0.0976. The van der Waals surface area contributed by atoms with E-state index in [0.29, 0.717) is 5.82 Å². The van der Waals surface area contributed by atoms with Crippen molar-refractivity contribution in [2.75, 3.05) is 11.9 Å². The number of H-pyrrole nitrogens is 1. The number of hydrogen-bond acceptors (Lipinski definition) is 4. The van der Waals surface area contributed by atoms with Crippen molar-refractivity contribution in [1.29, 1.82) is 0 Å². The van der Waals surface area contributed by atoms with Crippen molar-refractivity contribution in [2.24, 2.45) is 0 Å². The Morgan fingerprint density at radius 3 is 2.70 bits per heavy atom. The average Bonchev–Trinajstić information content (AvgIpc) is 2.97. The van der Waals surface area contributed by atoms with Gasteiger partial charge in [0, 0.05) is 6.07 Å². The first-order chi connectivity index (χ1) is 9.74. The van der Waals surface area contributed by atoms with Crippen LogP contribution in [-0.4, -0.2) is 28.7 Å². The first kappa shape index (κ1) is 13.6. The molecule has 104 valence electrons. The van der Waals surface area contributed by atoms with E-state index in [1.165, 1.54) is 6.20 Å². The van der Waals surface area contributed by atoms with Gasteiger partial charge in [-0.05, 0) is 5.56 Å². The number of carbonyl (C=O) groups is 2. The number of ether oxygens (including phenoxy) is 1. The van der Waals surface area contributed by atoms with Crippen molar-refractivity contribution >= 4 is 17.8 Å². The number of hydrogen-bond donors (Lipinski definition) is 3. The number of benzene rings is 1. The second kappa shape index (κ2) is 6.93. The van der Waals surface area contributed by atoms with Gasteiger partial charge in [0.1, 0.15) is 19.0 Å². The Balaban J connectivity index is 1.66. The molecule has 2 amide bonds. The predicted molar refractivity (Wildman–Crippen MR) is 71.8 cm³/mol. The van der Waals surface area contributed by atoms with Crippen LogP contribution in [0.25, 0.3) is 0 Å². The highest BCUT2D eigenvalue weighted by atomic mass is 16.5. The molecule has 3 N–H and O–H groups in total. The molecule has 20 heavy (non-hydrogen) atoms. The Bertz CT molecular complexity index is 554.